The molecule has 1 aliphatic rings. The second-order valence-corrected chi connectivity index (χ2v) is 5.95. The van der Waals surface area contributed by atoms with Crippen molar-refractivity contribution in [3.05, 3.63) is 12.5 Å². The summed E-state index contributed by atoms with van der Waals surface area (Å²) in [7, 11) is -1.97. The number of nitrogens with zero attached hydrogens (tertiary/aromatic N) is 3. The Bertz CT molecular complexity index is 536. The Labute approximate surface area is 98.7 Å². The third kappa shape index (κ3) is 2.18. The van der Waals surface area contributed by atoms with Gasteiger partial charge in [-0.1, -0.05) is 0 Å². The van der Waals surface area contributed by atoms with E-state index in [1.165, 1.54) is 21.4 Å². The first-order valence-electron chi connectivity index (χ1n) is 5.12. The first kappa shape index (κ1) is 12.1. The van der Waals surface area contributed by atoms with Crippen molar-refractivity contribution in [2.75, 3.05) is 13.1 Å². The van der Waals surface area contributed by atoms with Crippen LogP contribution in [0.25, 0.3) is 0 Å². The minimum absolute atomic E-state index is 0.0221. The maximum atomic E-state index is 12.1. The van der Waals surface area contributed by atoms with Crippen LogP contribution >= 0.6 is 0 Å². The van der Waals surface area contributed by atoms with Crippen LogP contribution in [0.2, 0.25) is 0 Å². The zero-order chi connectivity index (χ0) is 12.6. The van der Waals surface area contributed by atoms with Gasteiger partial charge in [-0.3, -0.25) is 4.79 Å². The van der Waals surface area contributed by atoms with E-state index in [0.717, 1.165) is 0 Å². The maximum Gasteiger partial charge on any atom is 0.307 e. The third-order valence-corrected chi connectivity index (χ3v) is 4.54. The Morgan fingerprint density at radius 3 is 2.76 bits per heavy atom. The lowest BCUT2D eigenvalue weighted by atomic mass is 10.1. The van der Waals surface area contributed by atoms with Crippen LogP contribution in [0.15, 0.2) is 17.6 Å². The zero-order valence-electron chi connectivity index (χ0n) is 9.28. The van der Waals surface area contributed by atoms with Gasteiger partial charge in [-0.15, -0.1) is 0 Å². The van der Waals surface area contributed by atoms with Gasteiger partial charge < -0.3 is 9.67 Å². The molecule has 0 spiro atoms. The molecule has 7 nitrogen and oxygen atoms in total. The van der Waals surface area contributed by atoms with E-state index in [1.54, 1.807) is 7.05 Å². The molecule has 1 fully saturated rings. The molecule has 1 atom stereocenters. The standard InChI is InChI=1S/C9H13N3O4S/c1-11-5-8(10-6-11)17(15,16)12-3-2-7(4-12)9(13)14/h5-7H,2-4H2,1H3,(H,13,14)/t7-/m1/s1. The topological polar surface area (TPSA) is 92.5 Å². The van der Waals surface area contributed by atoms with Crippen molar-refractivity contribution in [2.24, 2.45) is 13.0 Å². The number of aliphatic carboxylic acids is 1. The van der Waals surface area contributed by atoms with Crippen LogP contribution in [0, 0.1) is 5.92 Å². The molecule has 94 valence electrons. The molecule has 1 aromatic heterocycles. The fourth-order valence-corrected chi connectivity index (χ4v) is 3.27. The molecule has 0 amide bonds. The largest absolute Gasteiger partial charge is 0.481 e. The molecule has 0 unspecified atom stereocenters. The molecule has 0 saturated carbocycles. The number of hydrogen-bond donors (Lipinski definition) is 1. The van der Waals surface area contributed by atoms with E-state index in [0.29, 0.717) is 6.42 Å². The minimum Gasteiger partial charge on any atom is -0.481 e. The summed E-state index contributed by atoms with van der Waals surface area (Å²) in [5.74, 6) is -1.57. The lowest BCUT2D eigenvalue weighted by Crippen LogP contribution is -2.30. The highest BCUT2D eigenvalue weighted by molar-refractivity contribution is 7.89. The highest BCUT2D eigenvalue weighted by atomic mass is 32.2. The van der Waals surface area contributed by atoms with E-state index < -0.39 is 21.9 Å². The monoisotopic (exact) mass is 259 g/mol. The van der Waals surface area contributed by atoms with Gasteiger partial charge >= 0.3 is 5.97 Å². The van der Waals surface area contributed by atoms with Crippen LogP contribution in [-0.2, 0) is 21.9 Å². The Morgan fingerprint density at radius 2 is 2.29 bits per heavy atom. The van der Waals surface area contributed by atoms with E-state index >= 15 is 0 Å². The molecular formula is C9H13N3O4S. The highest BCUT2D eigenvalue weighted by Crippen LogP contribution is 2.23. The lowest BCUT2D eigenvalue weighted by molar-refractivity contribution is -0.141. The van der Waals surface area contributed by atoms with E-state index in [1.807, 2.05) is 0 Å². The number of aromatic nitrogens is 2. The Hall–Kier alpha value is -1.41. The van der Waals surface area contributed by atoms with Crippen molar-refractivity contribution < 1.29 is 18.3 Å². The van der Waals surface area contributed by atoms with Crippen molar-refractivity contribution in [2.45, 2.75) is 11.4 Å². The van der Waals surface area contributed by atoms with Crippen molar-refractivity contribution in [1.82, 2.24) is 13.9 Å². The molecule has 1 N–H and O–H groups in total. The number of carboxylic acid groups (broad SMARTS) is 1. The molecule has 8 heteroatoms. The highest BCUT2D eigenvalue weighted by Gasteiger charge is 2.36. The predicted octanol–water partition coefficient (Wildman–Crippen LogP) is -0.485. The van der Waals surface area contributed by atoms with E-state index in [2.05, 4.69) is 4.98 Å². The number of aryl methyl sites for hydroxylation is 1. The SMILES string of the molecule is Cn1cnc(S(=O)(=O)N2CC[C@@H](C(=O)O)C2)c1. The van der Waals surface area contributed by atoms with Gasteiger partial charge in [0.1, 0.15) is 0 Å². The van der Waals surface area contributed by atoms with Crippen LogP contribution in [-0.4, -0.2) is 46.4 Å². The van der Waals surface area contributed by atoms with E-state index in [9.17, 15) is 13.2 Å². The first-order chi connectivity index (χ1) is 7.91. The van der Waals surface area contributed by atoms with Crippen molar-refractivity contribution in [1.29, 1.82) is 0 Å². The molecule has 1 aliphatic heterocycles. The Kier molecular flexibility index (Phi) is 2.92. The smallest absolute Gasteiger partial charge is 0.307 e. The average Bonchev–Trinajstić information content (AvgIpc) is 2.85. The van der Waals surface area contributed by atoms with Gasteiger partial charge in [0.05, 0.1) is 12.2 Å². The second kappa shape index (κ2) is 4.11. The van der Waals surface area contributed by atoms with Crippen molar-refractivity contribution >= 4 is 16.0 Å². The molecule has 0 bridgehead atoms. The summed E-state index contributed by atoms with van der Waals surface area (Å²) in [4.78, 5) is 14.6. The summed E-state index contributed by atoms with van der Waals surface area (Å²) in [6.45, 7) is 0.254. The number of sulfonamides is 1. The van der Waals surface area contributed by atoms with Gasteiger partial charge in [0.15, 0.2) is 5.03 Å². The second-order valence-electron chi connectivity index (χ2n) is 4.06. The van der Waals surface area contributed by atoms with Crippen molar-refractivity contribution in [3.63, 3.8) is 0 Å². The summed E-state index contributed by atoms with van der Waals surface area (Å²) in [5.41, 5.74) is 0. The Balaban J connectivity index is 2.21. The molecule has 0 aromatic carbocycles. The first-order valence-corrected chi connectivity index (χ1v) is 6.56. The van der Waals surface area contributed by atoms with Gasteiger partial charge in [-0.05, 0) is 6.42 Å². The number of hydrogen-bond acceptors (Lipinski definition) is 4. The summed E-state index contributed by atoms with van der Waals surface area (Å²) < 4.78 is 26.9. The molecule has 17 heavy (non-hydrogen) atoms. The number of rotatable bonds is 3. The molecule has 0 radical (unpaired) electrons. The Morgan fingerprint density at radius 1 is 1.59 bits per heavy atom. The van der Waals surface area contributed by atoms with Crippen LogP contribution < -0.4 is 0 Å². The van der Waals surface area contributed by atoms with E-state index in [4.69, 9.17) is 5.11 Å². The molecular weight excluding hydrogens is 246 g/mol. The van der Waals surface area contributed by atoms with Gasteiger partial charge in [0.2, 0.25) is 0 Å². The summed E-state index contributed by atoms with van der Waals surface area (Å²) >= 11 is 0. The molecule has 2 rings (SSSR count). The molecule has 0 aliphatic carbocycles. The lowest BCUT2D eigenvalue weighted by Gasteiger charge is -2.13. The van der Waals surface area contributed by atoms with Gasteiger partial charge in [0, 0.05) is 26.3 Å². The number of imidazole rings is 1. The fourth-order valence-electron chi connectivity index (χ4n) is 1.80. The van der Waals surface area contributed by atoms with Gasteiger partial charge in [-0.2, -0.15) is 4.31 Å². The summed E-state index contributed by atoms with van der Waals surface area (Å²) in [5, 5.41) is 8.79. The van der Waals surface area contributed by atoms with Crippen molar-refractivity contribution in [3.8, 4) is 0 Å². The van der Waals surface area contributed by atoms with Gasteiger partial charge in [-0.25, -0.2) is 13.4 Å². The quantitative estimate of drug-likeness (QED) is 0.791. The minimum atomic E-state index is -3.65. The summed E-state index contributed by atoms with van der Waals surface area (Å²) in [6, 6.07) is 0. The zero-order valence-corrected chi connectivity index (χ0v) is 10.1. The summed E-state index contributed by atoms with van der Waals surface area (Å²) in [6.07, 6.45) is 3.16. The molecule has 1 saturated heterocycles. The van der Waals surface area contributed by atoms with Crippen LogP contribution in [0.4, 0.5) is 0 Å². The maximum absolute atomic E-state index is 12.1. The van der Waals surface area contributed by atoms with Crippen LogP contribution in [0.1, 0.15) is 6.42 Å². The van der Waals surface area contributed by atoms with Gasteiger partial charge in [0.25, 0.3) is 10.0 Å². The fraction of sp³-hybridized carbons (Fsp3) is 0.556. The van der Waals surface area contributed by atoms with Crippen LogP contribution in [0.5, 0.6) is 0 Å². The normalized spacial score (nSPS) is 21.8. The van der Waals surface area contributed by atoms with E-state index in [-0.39, 0.29) is 18.1 Å². The number of carboxylic acids is 1. The van der Waals surface area contributed by atoms with Crippen LogP contribution in [0.3, 0.4) is 0 Å². The molecule has 1 aromatic rings. The molecule has 2 heterocycles. The predicted molar refractivity (Wildman–Crippen MR) is 57.7 cm³/mol. The third-order valence-electron chi connectivity index (χ3n) is 2.79. The average molecular weight is 259 g/mol. The number of carbonyl (C=O) groups is 1.